The number of nitro benzene ring substituents is 1. The number of sulfonamides is 1. The van der Waals surface area contributed by atoms with Crippen LogP contribution in [0.3, 0.4) is 0 Å². The second-order valence-electron chi connectivity index (χ2n) is 7.65. The van der Waals surface area contributed by atoms with E-state index in [2.05, 4.69) is 0 Å². The van der Waals surface area contributed by atoms with Crippen LogP contribution in [-0.4, -0.2) is 68.2 Å². The summed E-state index contributed by atoms with van der Waals surface area (Å²) in [6, 6.07) is 11.2. The molecule has 1 aliphatic heterocycles. The first-order valence-corrected chi connectivity index (χ1v) is 11.3. The van der Waals surface area contributed by atoms with Crippen molar-refractivity contribution in [3.8, 4) is 0 Å². The van der Waals surface area contributed by atoms with Crippen LogP contribution in [0.1, 0.15) is 11.1 Å². The van der Waals surface area contributed by atoms with Gasteiger partial charge in [0.05, 0.1) is 16.4 Å². The normalized spacial score (nSPS) is 14.7. The molecule has 0 radical (unpaired) electrons. The first kappa shape index (κ1) is 22.7. The number of non-ortho nitro benzene ring substituents is 1. The van der Waals surface area contributed by atoms with Crippen LogP contribution < -0.4 is 4.90 Å². The Kier molecular flexibility index (Phi) is 6.61. The Morgan fingerprint density at radius 1 is 1.03 bits per heavy atom. The number of nitrogens with zero attached hydrogens (tertiary/aromatic N) is 4. The zero-order valence-electron chi connectivity index (χ0n) is 17.8. The smallest absolute Gasteiger partial charge is 0.269 e. The molecular formula is C21H26N4O5S. The standard InChI is InChI=1S/C21H26N4O5S/c1-16-4-9-20(14-17(16)2)31(29,30)22(3)15-21(26)24-12-10-23(11-13-24)18-5-7-19(8-6-18)25(27)28/h4-9,14H,10-13,15H2,1-3H3. The number of aryl methyl sites for hydroxylation is 2. The number of piperazine rings is 1. The van der Waals surface area contributed by atoms with Crippen LogP contribution in [0.25, 0.3) is 0 Å². The molecule has 1 aliphatic rings. The van der Waals surface area contributed by atoms with E-state index >= 15 is 0 Å². The minimum absolute atomic E-state index is 0.0329. The van der Waals surface area contributed by atoms with Crippen molar-refractivity contribution in [1.82, 2.24) is 9.21 Å². The van der Waals surface area contributed by atoms with Crippen molar-refractivity contribution in [2.24, 2.45) is 0 Å². The van der Waals surface area contributed by atoms with E-state index in [1.165, 1.54) is 19.2 Å². The van der Waals surface area contributed by atoms with Crippen LogP contribution in [-0.2, 0) is 14.8 Å². The zero-order chi connectivity index (χ0) is 22.8. The topological polar surface area (TPSA) is 104 Å². The Morgan fingerprint density at radius 2 is 1.65 bits per heavy atom. The Hall–Kier alpha value is -2.98. The van der Waals surface area contributed by atoms with Crippen molar-refractivity contribution in [1.29, 1.82) is 0 Å². The van der Waals surface area contributed by atoms with Crippen LogP contribution >= 0.6 is 0 Å². The van der Waals surface area contributed by atoms with Crippen LogP contribution in [0.2, 0.25) is 0 Å². The van der Waals surface area contributed by atoms with Crippen LogP contribution in [0.15, 0.2) is 47.4 Å². The van der Waals surface area contributed by atoms with Gasteiger partial charge in [-0.1, -0.05) is 6.07 Å². The molecule has 31 heavy (non-hydrogen) atoms. The third-order valence-electron chi connectivity index (χ3n) is 5.60. The first-order chi connectivity index (χ1) is 14.6. The largest absolute Gasteiger partial charge is 0.368 e. The highest BCUT2D eigenvalue weighted by Crippen LogP contribution is 2.21. The summed E-state index contributed by atoms with van der Waals surface area (Å²) in [5, 5.41) is 10.8. The molecular weight excluding hydrogens is 420 g/mol. The Morgan fingerprint density at radius 3 is 2.19 bits per heavy atom. The van der Waals surface area contributed by atoms with Crippen molar-refractivity contribution >= 4 is 27.3 Å². The lowest BCUT2D eigenvalue weighted by Crippen LogP contribution is -2.51. The molecule has 0 aliphatic carbocycles. The number of rotatable bonds is 6. The van der Waals surface area contributed by atoms with Gasteiger partial charge in [-0.15, -0.1) is 0 Å². The predicted molar refractivity (Wildman–Crippen MR) is 118 cm³/mol. The summed E-state index contributed by atoms with van der Waals surface area (Å²) in [4.78, 5) is 26.9. The molecule has 1 saturated heterocycles. The van der Waals surface area contributed by atoms with Crippen molar-refractivity contribution in [2.45, 2.75) is 18.7 Å². The van der Waals surface area contributed by atoms with Crippen LogP contribution in [0, 0.1) is 24.0 Å². The number of hydrogen-bond acceptors (Lipinski definition) is 6. The number of nitro groups is 1. The van der Waals surface area contributed by atoms with Crippen molar-refractivity contribution < 1.29 is 18.1 Å². The Balaban J connectivity index is 1.59. The molecule has 1 heterocycles. The van der Waals surface area contributed by atoms with Gasteiger partial charge in [-0.3, -0.25) is 14.9 Å². The summed E-state index contributed by atoms with van der Waals surface area (Å²) >= 11 is 0. The molecule has 0 unspecified atom stereocenters. The van der Waals surface area contributed by atoms with E-state index in [0.717, 1.165) is 21.1 Å². The van der Waals surface area contributed by atoms with E-state index in [1.807, 2.05) is 18.7 Å². The maximum atomic E-state index is 12.8. The van der Waals surface area contributed by atoms with E-state index in [0.29, 0.717) is 26.2 Å². The van der Waals surface area contributed by atoms with Gasteiger partial charge in [0.15, 0.2) is 0 Å². The second-order valence-corrected chi connectivity index (χ2v) is 9.69. The molecule has 3 rings (SSSR count). The molecule has 2 aromatic carbocycles. The van der Waals surface area contributed by atoms with Crippen molar-refractivity contribution in [3.63, 3.8) is 0 Å². The number of hydrogen-bond donors (Lipinski definition) is 0. The van der Waals surface area contributed by atoms with Gasteiger partial charge in [-0.25, -0.2) is 8.42 Å². The van der Waals surface area contributed by atoms with Gasteiger partial charge in [-0.2, -0.15) is 4.31 Å². The summed E-state index contributed by atoms with van der Waals surface area (Å²) in [7, 11) is -2.34. The van der Waals surface area contributed by atoms with Gasteiger partial charge in [-0.05, 0) is 49.2 Å². The lowest BCUT2D eigenvalue weighted by Gasteiger charge is -2.36. The molecule has 10 heteroatoms. The van der Waals surface area contributed by atoms with Crippen molar-refractivity contribution in [3.05, 3.63) is 63.7 Å². The van der Waals surface area contributed by atoms with Gasteiger partial charge in [0.25, 0.3) is 5.69 Å². The molecule has 1 fully saturated rings. The summed E-state index contributed by atoms with van der Waals surface area (Å²) in [6.07, 6.45) is 0. The second kappa shape index (κ2) is 9.03. The lowest BCUT2D eigenvalue weighted by atomic mass is 10.1. The zero-order valence-corrected chi connectivity index (χ0v) is 18.6. The van der Waals surface area contributed by atoms with Gasteiger partial charge in [0, 0.05) is 51.0 Å². The fraction of sp³-hybridized carbons (Fsp3) is 0.381. The SMILES string of the molecule is Cc1ccc(S(=O)(=O)N(C)CC(=O)N2CCN(c3ccc([N+](=O)[O-])cc3)CC2)cc1C. The van der Waals surface area contributed by atoms with E-state index < -0.39 is 14.9 Å². The summed E-state index contributed by atoms with van der Waals surface area (Å²) in [5.41, 5.74) is 2.77. The summed E-state index contributed by atoms with van der Waals surface area (Å²) in [5.74, 6) is -0.252. The average Bonchev–Trinajstić information content (AvgIpc) is 2.75. The van der Waals surface area contributed by atoms with Gasteiger partial charge in [0.1, 0.15) is 0 Å². The van der Waals surface area contributed by atoms with Crippen molar-refractivity contribution in [2.75, 3.05) is 44.7 Å². The molecule has 166 valence electrons. The van der Waals surface area contributed by atoms with Gasteiger partial charge >= 0.3 is 0 Å². The quantitative estimate of drug-likeness (QED) is 0.498. The van der Waals surface area contributed by atoms with E-state index in [4.69, 9.17) is 0 Å². The van der Waals surface area contributed by atoms with Crippen LogP contribution in [0.4, 0.5) is 11.4 Å². The fourth-order valence-electron chi connectivity index (χ4n) is 3.43. The van der Waals surface area contributed by atoms with Gasteiger partial charge < -0.3 is 9.80 Å². The first-order valence-electron chi connectivity index (χ1n) is 9.90. The lowest BCUT2D eigenvalue weighted by molar-refractivity contribution is -0.384. The molecule has 0 spiro atoms. The number of anilines is 1. The maximum Gasteiger partial charge on any atom is 0.269 e. The molecule has 1 amide bonds. The van der Waals surface area contributed by atoms with E-state index in [-0.39, 0.29) is 23.0 Å². The highest BCUT2D eigenvalue weighted by atomic mass is 32.2. The Bertz CT molecular complexity index is 1080. The minimum Gasteiger partial charge on any atom is -0.368 e. The number of amides is 1. The summed E-state index contributed by atoms with van der Waals surface area (Å²) < 4.78 is 26.7. The molecule has 0 atom stereocenters. The minimum atomic E-state index is -3.76. The van der Waals surface area contributed by atoms with Crippen LogP contribution in [0.5, 0.6) is 0 Å². The highest BCUT2D eigenvalue weighted by molar-refractivity contribution is 7.89. The molecule has 2 aromatic rings. The fourth-order valence-corrected chi connectivity index (χ4v) is 4.63. The highest BCUT2D eigenvalue weighted by Gasteiger charge is 2.27. The monoisotopic (exact) mass is 446 g/mol. The number of likely N-dealkylation sites (N-methyl/N-ethyl adjacent to an activating group) is 1. The molecule has 9 nitrogen and oxygen atoms in total. The Labute approximate surface area is 182 Å². The number of benzene rings is 2. The van der Waals surface area contributed by atoms with E-state index in [1.54, 1.807) is 35.2 Å². The van der Waals surface area contributed by atoms with E-state index in [9.17, 15) is 23.3 Å². The third-order valence-corrected chi connectivity index (χ3v) is 7.40. The molecule has 0 saturated carbocycles. The molecule has 0 bridgehead atoms. The summed E-state index contributed by atoms with van der Waals surface area (Å²) in [6.45, 7) is 5.57. The number of carbonyl (C=O) groups excluding carboxylic acids is 1. The molecule has 0 N–H and O–H groups in total. The predicted octanol–water partition coefficient (Wildman–Crippen LogP) is 2.18. The molecule has 0 aromatic heterocycles. The van der Waals surface area contributed by atoms with Gasteiger partial charge in [0.2, 0.25) is 15.9 Å². The third kappa shape index (κ3) is 5.02. The average molecular weight is 447 g/mol. The maximum absolute atomic E-state index is 12.8. The number of carbonyl (C=O) groups is 1.